The molecule has 14 heavy (non-hydrogen) atoms. The zero-order valence-corrected chi connectivity index (χ0v) is 8.81. The normalized spacial score (nSPS) is 15.2. The Labute approximate surface area is 87.3 Å². The second kappa shape index (κ2) is 4.26. The highest BCUT2D eigenvalue weighted by atomic mass is 35.5. The number of rotatable bonds is 3. The largest absolute Gasteiger partial charge is 0.383 e. The number of hydrogen-bond donors (Lipinski definition) is 1. The quantitative estimate of drug-likeness (QED) is 0.844. The minimum Gasteiger partial charge on any atom is -0.383 e. The smallest absolute Gasteiger partial charge is 0.130 e. The van der Waals surface area contributed by atoms with Crippen molar-refractivity contribution in [1.29, 1.82) is 0 Å². The average Bonchev–Trinajstić information content (AvgIpc) is 2.02. The highest BCUT2D eigenvalue weighted by molar-refractivity contribution is 6.30. The van der Waals surface area contributed by atoms with Gasteiger partial charge in [-0.3, -0.25) is 0 Å². The van der Waals surface area contributed by atoms with Crippen LogP contribution in [-0.4, -0.2) is 18.8 Å². The van der Waals surface area contributed by atoms with Crippen molar-refractivity contribution in [1.82, 2.24) is 0 Å². The van der Waals surface area contributed by atoms with Crippen LogP contribution in [0, 0.1) is 5.82 Å². The number of ether oxygens (including phenoxy) is 1. The van der Waals surface area contributed by atoms with E-state index in [2.05, 4.69) is 0 Å². The van der Waals surface area contributed by atoms with Gasteiger partial charge in [0.25, 0.3) is 0 Å². The summed E-state index contributed by atoms with van der Waals surface area (Å²) in [6.07, 6.45) is 0. The number of hydrogen-bond acceptors (Lipinski definition) is 2. The molecule has 0 aromatic heterocycles. The van der Waals surface area contributed by atoms with E-state index in [0.717, 1.165) is 0 Å². The van der Waals surface area contributed by atoms with Crippen molar-refractivity contribution in [3.8, 4) is 0 Å². The van der Waals surface area contributed by atoms with Gasteiger partial charge in [0.2, 0.25) is 0 Å². The predicted molar refractivity (Wildman–Crippen MR) is 52.9 cm³/mol. The van der Waals surface area contributed by atoms with Gasteiger partial charge in [0, 0.05) is 17.7 Å². The van der Waals surface area contributed by atoms with E-state index in [-0.39, 0.29) is 12.2 Å². The fourth-order valence-electron chi connectivity index (χ4n) is 1.29. The maximum atomic E-state index is 13.4. The van der Waals surface area contributed by atoms with E-state index in [1.165, 1.54) is 32.2 Å². The molecule has 1 rings (SSSR count). The summed E-state index contributed by atoms with van der Waals surface area (Å²) >= 11 is 5.59. The van der Waals surface area contributed by atoms with Crippen LogP contribution in [0.3, 0.4) is 0 Å². The molecule has 0 radical (unpaired) electrons. The molecule has 0 amide bonds. The monoisotopic (exact) mass is 218 g/mol. The standard InChI is InChI=1S/C10H12ClFO2/c1-10(13,6-14-2)8-4-3-7(11)5-9(8)12/h3-5,13H,6H2,1-2H3. The van der Waals surface area contributed by atoms with Gasteiger partial charge in [-0.25, -0.2) is 4.39 Å². The zero-order valence-electron chi connectivity index (χ0n) is 8.05. The molecule has 0 aliphatic heterocycles. The molecule has 1 N–H and O–H groups in total. The van der Waals surface area contributed by atoms with Gasteiger partial charge in [-0.2, -0.15) is 0 Å². The fraction of sp³-hybridized carbons (Fsp3) is 0.400. The van der Waals surface area contributed by atoms with Crippen molar-refractivity contribution < 1.29 is 14.2 Å². The van der Waals surface area contributed by atoms with Gasteiger partial charge in [0.1, 0.15) is 11.4 Å². The average molecular weight is 219 g/mol. The Morgan fingerprint density at radius 2 is 2.21 bits per heavy atom. The summed E-state index contributed by atoms with van der Waals surface area (Å²) < 4.78 is 18.2. The second-order valence-corrected chi connectivity index (χ2v) is 3.77. The molecule has 0 aliphatic carbocycles. The van der Waals surface area contributed by atoms with Gasteiger partial charge < -0.3 is 9.84 Å². The van der Waals surface area contributed by atoms with Gasteiger partial charge in [0.05, 0.1) is 6.61 Å². The minimum absolute atomic E-state index is 0.0333. The molecular formula is C10H12ClFO2. The van der Waals surface area contributed by atoms with E-state index in [4.69, 9.17) is 16.3 Å². The Bertz CT molecular complexity index is 326. The Morgan fingerprint density at radius 1 is 1.57 bits per heavy atom. The summed E-state index contributed by atoms with van der Waals surface area (Å²) in [7, 11) is 1.45. The molecule has 0 aliphatic rings. The van der Waals surface area contributed by atoms with Crippen LogP contribution in [-0.2, 0) is 10.3 Å². The summed E-state index contributed by atoms with van der Waals surface area (Å²) in [4.78, 5) is 0. The molecule has 1 aromatic carbocycles. The van der Waals surface area contributed by atoms with Gasteiger partial charge in [-0.1, -0.05) is 17.7 Å². The highest BCUT2D eigenvalue weighted by Crippen LogP contribution is 2.25. The van der Waals surface area contributed by atoms with Crippen LogP contribution in [0.15, 0.2) is 18.2 Å². The van der Waals surface area contributed by atoms with Crippen LogP contribution in [0.1, 0.15) is 12.5 Å². The molecule has 1 atom stereocenters. The first-order valence-electron chi connectivity index (χ1n) is 4.14. The molecule has 0 heterocycles. The van der Waals surface area contributed by atoms with Crippen LogP contribution >= 0.6 is 11.6 Å². The van der Waals surface area contributed by atoms with Crippen LogP contribution in [0.25, 0.3) is 0 Å². The maximum absolute atomic E-state index is 13.4. The van der Waals surface area contributed by atoms with Gasteiger partial charge in [-0.05, 0) is 19.1 Å². The Hall–Kier alpha value is -0.640. The topological polar surface area (TPSA) is 29.5 Å². The first-order chi connectivity index (χ1) is 6.47. The Kier molecular flexibility index (Phi) is 3.48. The second-order valence-electron chi connectivity index (χ2n) is 3.33. The summed E-state index contributed by atoms with van der Waals surface area (Å²) in [6.45, 7) is 1.52. The van der Waals surface area contributed by atoms with Crippen molar-refractivity contribution in [3.63, 3.8) is 0 Å². The third-order valence-electron chi connectivity index (χ3n) is 1.94. The third kappa shape index (κ3) is 2.44. The van der Waals surface area contributed by atoms with Gasteiger partial charge >= 0.3 is 0 Å². The summed E-state index contributed by atoms with van der Waals surface area (Å²) in [5.74, 6) is -0.528. The molecule has 0 bridgehead atoms. The van der Waals surface area contributed by atoms with Crippen molar-refractivity contribution in [3.05, 3.63) is 34.6 Å². The molecule has 78 valence electrons. The van der Waals surface area contributed by atoms with E-state index in [9.17, 15) is 9.50 Å². The molecule has 0 saturated carbocycles. The maximum Gasteiger partial charge on any atom is 0.130 e. The molecule has 1 aromatic rings. The lowest BCUT2D eigenvalue weighted by atomic mass is 9.96. The third-order valence-corrected chi connectivity index (χ3v) is 2.17. The lowest BCUT2D eigenvalue weighted by Crippen LogP contribution is -2.28. The molecule has 1 unspecified atom stereocenters. The van der Waals surface area contributed by atoms with Gasteiger partial charge in [-0.15, -0.1) is 0 Å². The number of benzene rings is 1. The van der Waals surface area contributed by atoms with Gasteiger partial charge in [0.15, 0.2) is 0 Å². The van der Waals surface area contributed by atoms with E-state index in [1.54, 1.807) is 0 Å². The van der Waals surface area contributed by atoms with Crippen molar-refractivity contribution in [2.45, 2.75) is 12.5 Å². The molecule has 0 saturated heterocycles. The first kappa shape index (κ1) is 11.4. The first-order valence-corrected chi connectivity index (χ1v) is 4.52. The molecular weight excluding hydrogens is 207 g/mol. The minimum atomic E-state index is -1.33. The molecule has 4 heteroatoms. The van der Waals surface area contributed by atoms with Crippen LogP contribution < -0.4 is 0 Å². The van der Waals surface area contributed by atoms with Crippen molar-refractivity contribution >= 4 is 11.6 Å². The van der Waals surface area contributed by atoms with E-state index >= 15 is 0 Å². The summed E-state index contributed by atoms with van der Waals surface area (Å²) in [6, 6.07) is 4.15. The predicted octanol–water partition coefficient (Wildman–Crippen LogP) is 2.33. The molecule has 0 spiro atoms. The fourth-order valence-corrected chi connectivity index (χ4v) is 1.44. The summed E-state index contributed by atoms with van der Waals surface area (Å²) in [5, 5.41) is 10.2. The Morgan fingerprint density at radius 3 is 2.71 bits per heavy atom. The number of aliphatic hydroxyl groups is 1. The molecule has 0 fully saturated rings. The lowest BCUT2D eigenvalue weighted by Gasteiger charge is -2.23. The highest BCUT2D eigenvalue weighted by Gasteiger charge is 2.26. The number of halogens is 2. The van der Waals surface area contributed by atoms with E-state index in [1.807, 2.05) is 0 Å². The summed E-state index contributed by atoms with van der Waals surface area (Å²) in [5.41, 5.74) is -1.15. The van der Waals surface area contributed by atoms with Crippen molar-refractivity contribution in [2.75, 3.05) is 13.7 Å². The van der Waals surface area contributed by atoms with Crippen LogP contribution in [0.5, 0.6) is 0 Å². The van der Waals surface area contributed by atoms with E-state index in [0.29, 0.717) is 5.02 Å². The molecule has 2 nitrogen and oxygen atoms in total. The van der Waals surface area contributed by atoms with Crippen molar-refractivity contribution in [2.24, 2.45) is 0 Å². The number of methoxy groups -OCH3 is 1. The SMILES string of the molecule is COCC(C)(O)c1ccc(Cl)cc1F. The van der Waals surface area contributed by atoms with E-state index < -0.39 is 11.4 Å². The lowest BCUT2D eigenvalue weighted by molar-refractivity contribution is -0.0232. The van der Waals surface area contributed by atoms with Crippen LogP contribution in [0.4, 0.5) is 4.39 Å². The Balaban J connectivity index is 3.06. The zero-order chi connectivity index (χ0) is 10.8. The van der Waals surface area contributed by atoms with Crippen LogP contribution in [0.2, 0.25) is 5.02 Å².